The zero-order chi connectivity index (χ0) is 13.5. The number of amides is 1. The Kier molecular flexibility index (Phi) is 5.33. The van der Waals surface area contributed by atoms with Gasteiger partial charge in [-0.2, -0.15) is 0 Å². The van der Waals surface area contributed by atoms with Crippen molar-refractivity contribution in [1.29, 1.82) is 0 Å². The average Bonchev–Trinajstić information content (AvgIpc) is 2.49. The number of likely N-dealkylation sites (N-methyl/N-ethyl adjacent to an activating group) is 1. The monoisotopic (exact) mass is 262 g/mol. The second kappa shape index (κ2) is 7.24. The maximum Gasteiger partial charge on any atom is 0.225 e. The largest absolute Gasteiger partial charge is 0.381 e. The Morgan fingerprint density at radius 3 is 2.68 bits per heavy atom. The molecule has 1 aliphatic heterocycles. The molecule has 2 heterocycles. The Labute approximate surface area is 114 Å². The molecule has 0 aromatic carbocycles. The van der Waals surface area contributed by atoms with Crippen LogP contribution >= 0.6 is 0 Å². The third kappa shape index (κ3) is 4.03. The molecule has 1 saturated heterocycles. The Morgan fingerprint density at radius 2 is 2.05 bits per heavy atom. The molecule has 1 aromatic heterocycles. The lowest BCUT2D eigenvalue weighted by Crippen LogP contribution is -2.39. The van der Waals surface area contributed by atoms with E-state index in [0.717, 1.165) is 45.6 Å². The highest BCUT2D eigenvalue weighted by atomic mass is 16.5. The number of nitrogens with zero attached hydrogens (tertiary/aromatic N) is 2. The van der Waals surface area contributed by atoms with E-state index in [4.69, 9.17) is 4.74 Å². The number of hydrogen-bond donors (Lipinski definition) is 0. The van der Waals surface area contributed by atoms with Crippen molar-refractivity contribution in [2.45, 2.75) is 26.2 Å². The van der Waals surface area contributed by atoms with Crippen molar-refractivity contribution in [3.63, 3.8) is 0 Å². The topological polar surface area (TPSA) is 42.4 Å². The average molecular weight is 262 g/mol. The van der Waals surface area contributed by atoms with Gasteiger partial charge >= 0.3 is 0 Å². The maximum atomic E-state index is 12.4. The number of carbonyl (C=O) groups is 1. The summed E-state index contributed by atoms with van der Waals surface area (Å²) in [5.41, 5.74) is 1.23. The van der Waals surface area contributed by atoms with Crippen molar-refractivity contribution in [3.8, 4) is 0 Å². The van der Waals surface area contributed by atoms with Gasteiger partial charge in [0.25, 0.3) is 0 Å². The predicted octanol–water partition coefficient (Wildman–Crippen LogP) is 1.90. The third-order valence-electron chi connectivity index (χ3n) is 3.68. The molecule has 0 N–H and O–H groups in total. The molecule has 104 valence electrons. The maximum absolute atomic E-state index is 12.4. The summed E-state index contributed by atoms with van der Waals surface area (Å²) in [4.78, 5) is 18.4. The Morgan fingerprint density at radius 1 is 1.37 bits per heavy atom. The zero-order valence-corrected chi connectivity index (χ0v) is 11.5. The van der Waals surface area contributed by atoms with Gasteiger partial charge in [0.2, 0.25) is 5.91 Å². The van der Waals surface area contributed by atoms with Crippen LogP contribution in [-0.4, -0.2) is 42.1 Å². The summed E-state index contributed by atoms with van der Waals surface area (Å²) in [6, 6.07) is 4.01. The van der Waals surface area contributed by atoms with E-state index in [2.05, 4.69) is 4.98 Å². The zero-order valence-electron chi connectivity index (χ0n) is 11.5. The van der Waals surface area contributed by atoms with E-state index in [1.807, 2.05) is 24.0 Å². The fourth-order valence-corrected chi connectivity index (χ4v) is 2.44. The fourth-order valence-electron chi connectivity index (χ4n) is 2.44. The van der Waals surface area contributed by atoms with Crippen molar-refractivity contribution in [1.82, 2.24) is 9.88 Å². The Bertz CT molecular complexity index is 388. The summed E-state index contributed by atoms with van der Waals surface area (Å²) >= 11 is 0. The molecular weight excluding hydrogens is 240 g/mol. The molecule has 4 heteroatoms. The molecule has 0 saturated carbocycles. The Balaban J connectivity index is 1.86. The van der Waals surface area contributed by atoms with Gasteiger partial charge in [-0.15, -0.1) is 0 Å². The minimum atomic E-state index is 0.158. The highest BCUT2D eigenvalue weighted by molar-refractivity contribution is 5.78. The lowest BCUT2D eigenvalue weighted by Gasteiger charge is -2.28. The van der Waals surface area contributed by atoms with E-state index in [1.165, 1.54) is 5.56 Å². The number of pyridine rings is 1. The molecule has 1 fully saturated rings. The van der Waals surface area contributed by atoms with Crippen LogP contribution in [-0.2, 0) is 16.0 Å². The summed E-state index contributed by atoms with van der Waals surface area (Å²) in [6.45, 7) is 5.05. The van der Waals surface area contributed by atoms with Gasteiger partial charge in [0, 0.05) is 44.6 Å². The minimum absolute atomic E-state index is 0.158. The van der Waals surface area contributed by atoms with Gasteiger partial charge < -0.3 is 9.64 Å². The van der Waals surface area contributed by atoms with Crippen LogP contribution in [0, 0.1) is 5.92 Å². The molecule has 4 nitrogen and oxygen atoms in total. The highest BCUT2D eigenvalue weighted by Gasteiger charge is 2.25. The van der Waals surface area contributed by atoms with Crippen LogP contribution in [0.4, 0.5) is 0 Å². The molecular formula is C15H22N2O2. The first-order valence-electron chi connectivity index (χ1n) is 7.06. The molecule has 1 amide bonds. The van der Waals surface area contributed by atoms with Gasteiger partial charge in [-0.3, -0.25) is 9.78 Å². The van der Waals surface area contributed by atoms with Crippen LogP contribution in [0.2, 0.25) is 0 Å². The summed E-state index contributed by atoms with van der Waals surface area (Å²) < 4.78 is 5.31. The summed E-state index contributed by atoms with van der Waals surface area (Å²) in [6.07, 6.45) is 6.22. The second-order valence-electron chi connectivity index (χ2n) is 4.91. The summed E-state index contributed by atoms with van der Waals surface area (Å²) in [5, 5.41) is 0. The van der Waals surface area contributed by atoms with Crippen molar-refractivity contribution < 1.29 is 9.53 Å². The minimum Gasteiger partial charge on any atom is -0.381 e. The first-order valence-corrected chi connectivity index (χ1v) is 7.06. The lowest BCUT2D eigenvalue weighted by molar-refractivity contribution is -0.138. The van der Waals surface area contributed by atoms with Crippen LogP contribution in [0.15, 0.2) is 24.5 Å². The van der Waals surface area contributed by atoms with E-state index >= 15 is 0 Å². The van der Waals surface area contributed by atoms with Gasteiger partial charge in [0.05, 0.1) is 0 Å². The SMILES string of the molecule is CCN(CCc1ccncc1)C(=O)C1CCOCC1. The van der Waals surface area contributed by atoms with Gasteiger partial charge in [0.15, 0.2) is 0 Å². The smallest absolute Gasteiger partial charge is 0.225 e. The predicted molar refractivity (Wildman–Crippen MR) is 73.7 cm³/mol. The third-order valence-corrected chi connectivity index (χ3v) is 3.68. The molecule has 0 aliphatic carbocycles. The molecule has 19 heavy (non-hydrogen) atoms. The van der Waals surface area contributed by atoms with Gasteiger partial charge in [-0.05, 0) is 43.9 Å². The quantitative estimate of drug-likeness (QED) is 0.814. The van der Waals surface area contributed by atoms with E-state index in [-0.39, 0.29) is 5.92 Å². The first-order chi connectivity index (χ1) is 9.31. The number of carbonyl (C=O) groups excluding carboxylic acids is 1. The Hall–Kier alpha value is -1.42. The molecule has 0 bridgehead atoms. The van der Waals surface area contributed by atoms with E-state index in [0.29, 0.717) is 5.91 Å². The van der Waals surface area contributed by atoms with Crippen LogP contribution in [0.5, 0.6) is 0 Å². The van der Waals surface area contributed by atoms with Crippen molar-refractivity contribution >= 4 is 5.91 Å². The molecule has 1 aromatic rings. The summed E-state index contributed by atoms with van der Waals surface area (Å²) in [5.74, 6) is 0.450. The van der Waals surface area contributed by atoms with Gasteiger partial charge in [0.1, 0.15) is 0 Å². The van der Waals surface area contributed by atoms with Gasteiger partial charge in [-0.1, -0.05) is 0 Å². The van der Waals surface area contributed by atoms with E-state index < -0.39 is 0 Å². The molecule has 2 rings (SSSR count). The normalized spacial score (nSPS) is 16.3. The number of rotatable bonds is 5. The second-order valence-corrected chi connectivity index (χ2v) is 4.91. The highest BCUT2D eigenvalue weighted by Crippen LogP contribution is 2.17. The first kappa shape index (κ1) is 14.0. The number of hydrogen-bond acceptors (Lipinski definition) is 3. The van der Waals surface area contributed by atoms with Gasteiger partial charge in [-0.25, -0.2) is 0 Å². The fraction of sp³-hybridized carbons (Fsp3) is 0.600. The van der Waals surface area contributed by atoms with Crippen LogP contribution < -0.4 is 0 Å². The van der Waals surface area contributed by atoms with Crippen LogP contribution in [0.3, 0.4) is 0 Å². The standard InChI is InChI=1S/C15H22N2O2/c1-2-17(10-5-13-3-8-16-9-4-13)15(18)14-6-11-19-12-7-14/h3-4,8-9,14H,2,5-7,10-12H2,1H3. The number of aromatic nitrogens is 1. The molecule has 0 spiro atoms. The molecule has 0 atom stereocenters. The number of ether oxygens (including phenoxy) is 1. The van der Waals surface area contributed by atoms with E-state index in [1.54, 1.807) is 12.4 Å². The van der Waals surface area contributed by atoms with Crippen molar-refractivity contribution in [2.24, 2.45) is 5.92 Å². The lowest BCUT2D eigenvalue weighted by atomic mass is 9.98. The molecule has 0 radical (unpaired) electrons. The van der Waals surface area contributed by atoms with Crippen LogP contribution in [0.1, 0.15) is 25.3 Å². The molecule has 1 aliphatic rings. The van der Waals surface area contributed by atoms with Crippen molar-refractivity contribution in [2.75, 3.05) is 26.3 Å². The molecule has 0 unspecified atom stereocenters. The van der Waals surface area contributed by atoms with E-state index in [9.17, 15) is 4.79 Å². The summed E-state index contributed by atoms with van der Waals surface area (Å²) in [7, 11) is 0. The van der Waals surface area contributed by atoms with Crippen molar-refractivity contribution in [3.05, 3.63) is 30.1 Å². The van der Waals surface area contributed by atoms with Crippen LogP contribution in [0.25, 0.3) is 0 Å².